The van der Waals surface area contributed by atoms with Crippen LogP contribution in [0, 0.1) is 0 Å². The number of hydrogen-bond donors (Lipinski definition) is 2. The number of nitrogens with zero attached hydrogens (tertiary/aromatic N) is 2. The van der Waals surface area contributed by atoms with E-state index < -0.39 is 12.0 Å². The van der Waals surface area contributed by atoms with Crippen LogP contribution in [0.1, 0.15) is 24.9 Å². The van der Waals surface area contributed by atoms with Gasteiger partial charge in [0.1, 0.15) is 5.82 Å². The fraction of sp³-hybridized carbons (Fsp3) is 0.267. The van der Waals surface area contributed by atoms with E-state index in [1.54, 1.807) is 24.3 Å². The second-order valence-corrected chi connectivity index (χ2v) is 4.42. The van der Waals surface area contributed by atoms with Crippen molar-refractivity contribution in [3.63, 3.8) is 0 Å². The molecule has 1 atom stereocenters. The summed E-state index contributed by atoms with van der Waals surface area (Å²) in [5.74, 6) is -0.248. The molecule has 2 N–H and O–H groups in total. The Balaban J connectivity index is 2.16. The number of aliphatic carboxylic acids is 1. The van der Waals surface area contributed by atoms with Crippen LogP contribution in [0.25, 0.3) is 0 Å². The van der Waals surface area contributed by atoms with E-state index in [1.807, 2.05) is 13.0 Å². The summed E-state index contributed by atoms with van der Waals surface area (Å²) in [5.41, 5.74) is 0.645. The Morgan fingerprint density at radius 3 is 2.76 bits per heavy atom. The van der Waals surface area contributed by atoms with Crippen molar-refractivity contribution >= 4 is 11.8 Å². The molecular weight excluding hydrogens is 270 g/mol. The molecule has 0 spiro atoms. The van der Waals surface area contributed by atoms with Gasteiger partial charge in [-0.2, -0.15) is 4.98 Å². The molecule has 6 heteroatoms. The van der Waals surface area contributed by atoms with Gasteiger partial charge in [0.2, 0.25) is 5.88 Å². The molecule has 0 saturated carbocycles. The summed E-state index contributed by atoms with van der Waals surface area (Å²) in [7, 11) is 0. The average Bonchev–Trinajstić information content (AvgIpc) is 2.51. The van der Waals surface area contributed by atoms with Gasteiger partial charge < -0.3 is 15.2 Å². The summed E-state index contributed by atoms with van der Waals surface area (Å²) in [6.07, 6.45) is 3.83. The van der Waals surface area contributed by atoms with Crippen LogP contribution < -0.4 is 10.1 Å². The molecule has 0 radical (unpaired) electrons. The van der Waals surface area contributed by atoms with Crippen LogP contribution in [0.5, 0.6) is 5.88 Å². The maximum Gasteiger partial charge on any atom is 0.330 e. The zero-order valence-electron chi connectivity index (χ0n) is 11.7. The van der Waals surface area contributed by atoms with Crippen LogP contribution in [-0.2, 0) is 4.79 Å². The van der Waals surface area contributed by atoms with E-state index in [9.17, 15) is 9.90 Å². The first kappa shape index (κ1) is 14.8. The lowest BCUT2D eigenvalue weighted by atomic mass is 10.1. The highest BCUT2D eigenvalue weighted by atomic mass is 16.5. The number of rotatable bonds is 7. The van der Waals surface area contributed by atoms with E-state index in [1.165, 1.54) is 12.4 Å². The van der Waals surface area contributed by atoms with Crippen molar-refractivity contribution in [2.45, 2.75) is 19.4 Å². The van der Waals surface area contributed by atoms with E-state index in [0.29, 0.717) is 23.9 Å². The minimum atomic E-state index is -0.983. The fourth-order valence-electron chi connectivity index (χ4n) is 1.77. The Bertz CT molecular complexity index is 590. The first-order chi connectivity index (χ1) is 10.2. The summed E-state index contributed by atoms with van der Waals surface area (Å²) < 4.78 is 5.38. The SMILES string of the molecule is CCCOc1cncc(NC(C(=O)O)c2ccccc2)n1. The molecule has 0 aliphatic heterocycles. The minimum absolute atomic E-state index is 0.361. The Kier molecular flexibility index (Phi) is 5.09. The molecule has 1 heterocycles. The monoisotopic (exact) mass is 287 g/mol. The molecule has 21 heavy (non-hydrogen) atoms. The standard InChI is InChI=1S/C15H17N3O3/c1-2-8-21-13-10-16-9-12(17-13)18-14(15(19)20)11-6-4-3-5-7-11/h3-7,9-10,14H,2,8H2,1H3,(H,17,18)(H,19,20). The smallest absolute Gasteiger partial charge is 0.330 e. The zero-order chi connectivity index (χ0) is 15.1. The van der Waals surface area contributed by atoms with Crippen LogP contribution in [-0.4, -0.2) is 27.7 Å². The van der Waals surface area contributed by atoms with Crippen molar-refractivity contribution in [2.75, 3.05) is 11.9 Å². The zero-order valence-corrected chi connectivity index (χ0v) is 11.7. The lowest BCUT2D eigenvalue weighted by Crippen LogP contribution is -2.21. The molecule has 1 aromatic heterocycles. The quantitative estimate of drug-likeness (QED) is 0.814. The van der Waals surface area contributed by atoms with Gasteiger partial charge in [-0.1, -0.05) is 37.3 Å². The molecule has 0 bridgehead atoms. The molecule has 1 unspecified atom stereocenters. The molecule has 2 aromatic rings. The molecule has 0 aliphatic rings. The van der Waals surface area contributed by atoms with Crippen molar-refractivity contribution in [3.8, 4) is 5.88 Å². The second-order valence-electron chi connectivity index (χ2n) is 4.42. The normalized spacial score (nSPS) is 11.7. The number of benzene rings is 1. The number of carboxylic acid groups (broad SMARTS) is 1. The molecule has 0 saturated heterocycles. The van der Waals surface area contributed by atoms with E-state index in [0.717, 1.165) is 6.42 Å². The van der Waals surface area contributed by atoms with Gasteiger partial charge >= 0.3 is 5.97 Å². The van der Waals surface area contributed by atoms with Gasteiger partial charge in [0.05, 0.1) is 19.0 Å². The number of nitrogens with one attached hydrogen (secondary N) is 1. The van der Waals surface area contributed by atoms with Crippen molar-refractivity contribution in [3.05, 3.63) is 48.3 Å². The highest BCUT2D eigenvalue weighted by Gasteiger charge is 2.20. The lowest BCUT2D eigenvalue weighted by molar-refractivity contribution is -0.138. The van der Waals surface area contributed by atoms with Crippen molar-refractivity contribution in [1.29, 1.82) is 0 Å². The van der Waals surface area contributed by atoms with Gasteiger partial charge in [0.15, 0.2) is 6.04 Å². The number of ether oxygens (including phenoxy) is 1. The fourth-order valence-corrected chi connectivity index (χ4v) is 1.77. The van der Waals surface area contributed by atoms with E-state index in [-0.39, 0.29) is 0 Å². The number of carboxylic acids is 1. The molecule has 0 amide bonds. The van der Waals surface area contributed by atoms with Crippen LogP contribution in [0.2, 0.25) is 0 Å². The molecule has 110 valence electrons. The third-order valence-corrected chi connectivity index (χ3v) is 2.74. The van der Waals surface area contributed by atoms with E-state index in [4.69, 9.17) is 4.74 Å². The van der Waals surface area contributed by atoms with Gasteiger partial charge in [0, 0.05) is 0 Å². The van der Waals surface area contributed by atoms with Gasteiger partial charge in [-0.05, 0) is 12.0 Å². The van der Waals surface area contributed by atoms with Crippen LogP contribution in [0.4, 0.5) is 5.82 Å². The molecule has 6 nitrogen and oxygen atoms in total. The minimum Gasteiger partial charge on any atom is -0.479 e. The summed E-state index contributed by atoms with van der Waals surface area (Å²) >= 11 is 0. The Morgan fingerprint density at radius 1 is 1.33 bits per heavy atom. The predicted octanol–water partition coefficient (Wildman–Crippen LogP) is 2.50. The lowest BCUT2D eigenvalue weighted by Gasteiger charge is -2.15. The maximum atomic E-state index is 11.4. The van der Waals surface area contributed by atoms with Crippen molar-refractivity contribution in [2.24, 2.45) is 0 Å². The summed E-state index contributed by atoms with van der Waals surface area (Å²) in [4.78, 5) is 19.6. The Hall–Kier alpha value is -2.63. The van der Waals surface area contributed by atoms with Gasteiger partial charge in [0.25, 0.3) is 0 Å². The number of aromatic nitrogens is 2. The van der Waals surface area contributed by atoms with Crippen molar-refractivity contribution in [1.82, 2.24) is 9.97 Å². The second kappa shape index (κ2) is 7.23. The molecular formula is C15H17N3O3. The number of carbonyl (C=O) groups is 1. The number of anilines is 1. The first-order valence-electron chi connectivity index (χ1n) is 6.70. The average molecular weight is 287 g/mol. The number of hydrogen-bond acceptors (Lipinski definition) is 5. The molecule has 0 aliphatic carbocycles. The van der Waals surface area contributed by atoms with Gasteiger partial charge in [-0.25, -0.2) is 4.79 Å². The molecule has 2 rings (SSSR count). The predicted molar refractivity (Wildman–Crippen MR) is 78.3 cm³/mol. The van der Waals surface area contributed by atoms with Crippen LogP contribution in [0.15, 0.2) is 42.7 Å². The van der Waals surface area contributed by atoms with Gasteiger partial charge in [-0.3, -0.25) is 4.98 Å². The first-order valence-corrected chi connectivity index (χ1v) is 6.70. The summed E-state index contributed by atoms with van der Waals surface area (Å²) in [6, 6.07) is 8.02. The highest BCUT2D eigenvalue weighted by molar-refractivity contribution is 5.78. The third kappa shape index (κ3) is 4.17. The van der Waals surface area contributed by atoms with Crippen LogP contribution in [0.3, 0.4) is 0 Å². The maximum absolute atomic E-state index is 11.4. The topological polar surface area (TPSA) is 84.3 Å². The summed E-state index contributed by atoms with van der Waals surface area (Å²) in [5, 5.41) is 12.2. The van der Waals surface area contributed by atoms with Crippen molar-refractivity contribution < 1.29 is 14.6 Å². The highest BCUT2D eigenvalue weighted by Crippen LogP contribution is 2.19. The summed E-state index contributed by atoms with van der Waals surface area (Å²) in [6.45, 7) is 2.53. The molecule has 0 fully saturated rings. The van der Waals surface area contributed by atoms with Crippen LogP contribution >= 0.6 is 0 Å². The van der Waals surface area contributed by atoms with E-state index >= 15 is 0 Å². The third-order valence-electron chi connectivity index (χ3n) is 2.74. The van der Waals surface area contributed by atoms with Gasteiger partial charge in [-0.15, -0.1) is 0 Å². The van der Waals surface area contributed by atoms with E-state index in [2.05, 4.69) is 15.3 Å². The largest absolute Gasteiger partial charge is 0.479 e. The Morgan fingerprint density at radius 2 is 2.10 bits per heavy atom. The Labute approximate surface area is 122 Å². The molecule has 1 aromatic carbocycles.